The van der Waals surface area contributed by atoms with E-state index in [4.69, 9.17) is 12.2 Å². The number of aromatic nitrogens is 1. The van der Waals surface area contributed by atoms with E-state index in [0.29, 0.717) is 24.7 Å². The molecule has 1 aliphatic rings. The number of amides is 1. The van der Waals surface area contributed by atoms with Crippen LogP contribution in [0.2, 0.25) is 0 Å². The molecule has 30 heavy (non-hydrogen) atoms. The Hall–Kier alpha value is -2.73. The Morgan fingerprint density at radius 3 is 2.57 bits per heavy atom. The average Bonchev–Trinajstić information content (AvgIpc) is 2.79. The highest BCUT2D eigenvalue weighted by molar-refractivity contribution is 7.80. The highest BCUT2D eigenvalue weighted by Gasteiger charge is 2.13. The summed E-state index contributed by atoms with van der Waals surface area (Å²) in [5.74, 6) is -0.0326. The Morgan fingerprint density at radius 2 is 1.83 bits per heavy atom. The molecule has 0 spiro atoms. The Kier molecular flexibility index (Phi) is 8.84. The summed E-state index contributed by atoms with van der Waals surface area (Å²) in [6, 6.07) is 14.1. The topological polar surface area (TPSA) is 57.3 Å². The molecular formula is C24H30N4OS. The van der Waals surface area contributed by atoms with E-state index in [1.807, 2.05) is 36.5 Å². The van der Waals surface area contributed by atoms with Gasteiger partial charge in [-0.05, 0) is 61.5 Å². The van der Waals surface area contributed by atoms with Crippen LogP contribution in [0, 0.1) is 0 Å². The molecular weight excluding hydrogens is 392 g/mol. The predicted molar refractivity (Wildman–Crippen MR) is 125 cm³/mol. The number of pyridine rings is 1. The summed E-state index contributed by atoms with van der Waals surface area (Å²) in [7, 11) is 0. The van der Waals surface area contributed by atoms with E-state index in [1.165, 1.54) is 31.3 Å². The third kappa shape index (κ3) is 7.59. The molecule has 1 amide bonds. The van der Waals surface area contributed by atoms with Crippen LogP contribution in [0.3, 0.4) is 0 Å². The second-order valence-corrected chi connectivity index (χ2v) is 7.96. The molecule has 2 N–H and O–H groups in total. The fourth-order valence-electron chi connectivity index (χ4n) is 3.54. The molecule has 5 nitrogen and oxygen atoms in total. The van der Waals surface area contributed by atoms with Gasteiger partial charge in [0.05, 0.1) is 6.54 Å². The first kappa shape index (κ1) is 22.0. The van der Waals surface area contributed by atoms with Gasteiger partial charge in [-0.1, -0.05) is 48.0 Å². The number of hydrogen-bond acceptors (Lipinski definition) is 3. The van der Waals surface area contributed by atoms with Gasteiger partial charge in [0.1, 0.15) is 0 Å². The lowest BCUT2D eigenvalue weighted by Gasteiger charge is -2.26. The van der Waals surface area contributed by atoms with E-state index in [9.17, 15) is 4.79 Å². The van der Waals surface area contributed by atoms with Crippen molar-refractivity contribution in [3.63, 3.8) is 0 Å². The molecule has 1 aliphatic carbocycles. The lowest BCUT2D eigenvalue weighted by atomic mass is 9.97. The molecule has 3 rings (SSSR count). The second kappa shape index (κ2) is 12.1. The fraction of sp³-hybridized carbons (Fsp3) is 0.375. The zero-order valence-electron chi connectivity index (χ0n) is 17.3. The Morgan fingerprint density at radius 1 is 1.03 bits per heavy atom. The number of carbonyl (C=O) groups is 1. The van der Waals surface area contributed by atoms with Gasteiger partial charge < -0.3 is 15.5 Å². The van der Waals surface area contributed by atoms with Gasteiger partial charge >= 0.3 is 0 Å². The van der Waals surface area contributed by atoms with Crippen molar-refractivity contribution < 1.29 is 4.79 Å². The number of carbonyl (C=O) groups excluding carboxylic acids is 1. The summed E-state index contributed by atoms with van der Waals surface area (Å²) in [4.78, 5) is 18.5. The number of nitrogens with zero attached hydrogens (tertiary/aromatic N) is 2. The van der Waals surface area contributed by atoms with Gasteiger partial charge in [-0.2, -0.15) is 0 Å². The molecule has 0 unspecified atom stereocenters. The van der Waals surface area contributed by atoms with Gasteiger partial charge in [-0.25, -0.2) is 0 Å². The number of nitrogens with one attached hydrogen (secondary N) is 2. The van der Waals surface area contributed by atoms with E-state index < -0.39 is 0 Å². The summed E-state index contributed by atoms with van der Waals surface area (Å²) in [5, 5.41) is 6.68. The van der Waals surface area contributed by atoms with E-state index >= 15 is 0 Å². The minimum absolute atomic E-state index is 0.0326. The predicted octanol–water partition coefficient (Wildman–Crippen LogP) is 3.97. The zero-order chi connectivity index (χ0) is 21.0. The van der Waals surface area contributed by atoms with Crippen LogP contribution in [0.1, 0.15) is 43.2 Å². The molecule has 0 atom stereocenters. The van der Waals surface area contributed by atoms with Gasteiger partial charge in [0.15, 0.2) is 5.11 Å². The SMILES string of the molecule is O=C(CNC(=S)N(Cc1ccccc1)Cc1cccnc1)NCCC1=CCCCC1. The van der Waals surface area contributed by atoms with Gasteiger partial charge in [0.25, 0.3) is 0 Å². The van der Waals surface area contributed by atoms with Gasteiger partial charge in [-0.3, -0.25) is 9.78 Å². The van der Waals surface area contributed by atoms with Crippen LogP contribution >= 0.6 is 12.2 Å². The fourth-order valence-corrected chi connectivity index (χ4v) is 3.74. The van der Waals surface area contributed by atoms with Crippen molar-refractivity contribution in [3.8, 4) is 0 Å². The maximum atomic E-state index is 12.2. The molecule has 1 aromatic carbocycles. The largest absolute Gasteiger partial charge is 0.354 e. The van der Waals surface area contributed by atoms with Crippen LogP contribution in [0.4, 0.5) is 0 Å². The molecule has 0 bridgehead atoms. The third-order valence-electron chi connectivity index (χ3n) is 5.15. The smallest absolute Gasteiger partial charge is 0.239 e. The van der Waals surface area contributed by atoms with Crippen LogP contribution in [-0.2, 0) is 17.9 Å². The average molecular weight is 423 g/mol. The van der Waals surface area contributed by atoms with Crippen LogP contribution in [0.5, 0.6) is 0 Å². The standard InChI is InChI=1S/C24H30N4OS/c29-23(26-15-13-20-8-3-1-4-9-20)17-27-24(30)28(18-21-10-5-2-6-11-21)19-22-12-7-14-25-16-22/h2,5-8,10-12,14,16H,1,3-4,9,13,15,17-19H2,(H,26,29)(H,27,30). The normalized spacial score (nSPS) is 13.3. The minimum atomic E-state index is -0.0326. The van der Waals surface area contributed by atoms with Gasteiger partial charge in [0.2, 0.25) is 5.91 Å². The molecule has 0 radical (unpaired) electrons. The van der Waals surface area contributed by atoms with Crippen LogP contribution in [0.15, 0.2) is 66.5 Å². The number of rotatable bonds is 9. The lowest BCUT2D eigenvalue weighted by molar-refractivity contribution is -0.119. The summed E-state index contributed by atoms with van der Waals surface area (Å²) < 4.78 is 0. The summed E-state index contributed by atoms with van der Waals surface area (Å²) in [6.07, 6.45) is 11.8. The van der Waals surface area contributed by atoms with Crippen molar-refractivity contribution in [3.05, 3.63) is 77.6 Å². The van der Waals surface area contributed by atoms with Crippen LogP contribution < -0.4 is 10.6 Å². The first-order chi connectivity index (χ1) is 14.7. The van der Waals surface area contributed by atoms with Crippen molar-refractivity contribution in [2.75, 3.05) is 13.1 Å². The maximum absolute atomic E-state index is 12.2. The van der Waals surface area contributed by atoms with E-state index in [-0.39, 0.29) is 12.5 Å². The lowest BCUT2D eigenvalue weighted by Crippen LogP contribution is -2.43. The number of benzene rings is 1. The second-order valence-electron chi connectivity index (χ2n) is 7.57. The summed E-state index contributed by atoms with van der Waals surface area (Å²) >= 11 is 5.61. The van der Waals surface area contributed by atoms with Crippen LogP contribution in [-0.4, -0.2) is 34.0 Å². The third-order valence-corrected chi connectivity index (χ3v) is 5.56. The van der Waals surface area contributed by atoms with Crippen molar-refractivity contribution in [2.24, 2.45) is 0 Å². The Bertz CT molecular complexity index is 797. The molecule has 2 aromatic rings. The molecule has 0 fully saturated rings. The Balaban J connectivity index is 1.49. The van der Waals surface area contributed by atoms with E-state index in [2.05, 4.69) is 38.7 Å². The molecule has 0 saturated carbocycles. The van der Waals surface area contributed by atoms with E-state index in [0.717, 1.165) is 17.5 Å². The maximum Gasteiger partial charge on any atom is 0.239 e. The first-order valence-electron chi connectivity index (χ1n) is 10.6. The highest BCUT2D eigenvalue weighted by Crippen LogP contribution is 2.19. The number of allylic oxidation sites excluding steroid dienone is 1. The monoisotopic (exact) mass is 422 g/mol. The molecule has 0 saturated heterocycles. The molecule has 158 valence electrons. The Labute approximate surface area is 184 Å². The summed E-state index contributed by atoms with van der Waals surface area (Å²) in [6.45, 7) is 2.15. The van der Waals surface area contributed by atoms with Gasteiger partial charge in [0, 0.05) is 32.0 Å². The van der Waals surface area contributed by atoms with Gasteiger partial charge in [-0.15, -0.1) is 0 Å². The van der Waals surface area contributed by atoms with Crippen molar-refractivity contribution >= 4 is 23.2 Å². The number of hydrogen-bond donors (Lipinski definition) is 2. The summed E-state index contributed by atoms with van der Waals surface area (Å²) in [5.41, 5.74) is 3.70. The van der Waals surface area contributed by atoms with Crippen molar-refractivity contribution in [1.29, 1.82) is 0 Å². The molecule has 0 aliphatic heterocycles. The zero-order valence-corrected chi connectivity index (χ0v) is 18.2. The molecule has 1 heterocycles. The number of thiocarbonyl (C=S) groups is 1. The molecule has 6 heteroatoms. The van der Waals surface area contributed by atoms with Crippen LogP contribution in [0.25, 0.3) is 0 Å². The first-order valence-corrected chi connectivity index (χ1v) is 11.0. The quantitative estimate of drug-likeness (QED) is 0.473. The minimum Gasteiger partial charge on any atom is -0.354 e. The highest BCUT2D eigenvalue weighted by atomic mass is 32.1. The van der Waals surface area contributed by atoms with E-state index in [1.54, 1.807) is 6.20 Å². The molecule has 1 aromatic heterocycles. The van der Waals surface area contributed by atoms with Crippen molar-refractivity contribution in [1.82, 2.24) is 20.5 Å². The van der Waals surface area contributed by atoms with Crippen molar-refractivity contribution in [2.45, 2.75) is 45.2 Å².